The van der Waals surface area contributed by atoms with Crippen LogP contribution in [0.1, 0.15) is 44.1 Å². The summed E-state index contributed by atoms with van der Waals surface area (Å²) in [6, 6.07) is 4.33. The molecule has 5 rings (SSSR count). The molecule has 28 heavy (non-hydrogen) atoms. The van der Waals surface area contributed by atoms with Crippen molar-refractivity contribution in [3.05, 3.63) is 29.8 Å². The average Bonchev–Trinajstić information content (AvgIpc) is 2.57. The summed E-state index contributed by atoms with van der Waals surface area (Å²) >= 11 is 6.71. The van der Waals surface area contributed by atoms with Gasteiger partial charge in [0.15, 0.2) is 6.61 Å². The molecule has 1 aromatic rings. The first-order valence-corrected chi connectivity index (χ1v) is 9.78. The van der Waals surface area contributed by atoms with Crippen LogP contribution in [0.15, 0.2) is 24.3 Å². The number of amides is 1. The van der Waals surface area contributed by atoms with E-state index in [0.29, 0.717) is 18.3 Å². The Bertz CT molecular complexity index is 796. The first-order valence-electron chi connectivity index (χ1n) is 9.40. The third-order valence-corrected chi connectivity index (χ3v) is 6.67. The molecule has 0 radical (unpaired) electrons. The van der Waals surface area contributed by atoms with Crippen LogP contribution in [0, 0.1) is 17.3 Å². The first-order chi connectivity index (χ1) is 13.1. The Morgan fingerprint density at radius 3 is 2.46 bits per heavy atom. The molecular formula is C20H21ClF3NO3. The number of nitrogens with one attached hydrogen (secondary N) is 1. The lowest BCUT2D eigenvalue weighted by Crippen LogP contribution is -2.56. The molecule has 2 unspecified atom stereocenters. The Morgan fingerprint density at radius 2 is 1.86 bits per heavy atom. The number of carbonyl (C=O) groups excluding carboxylic acids is 2. The maximum atomic E-state index is 12.8. The molecule has 0 spiro atoms. The van der Waals surface area contributed by atoms with Crippen LogP contribution in [-0.4, -0.2) is 23.4 Å². The van der Waals surface area contributed by atoms with Crippen LogP contribution in [0.4, 0.5) is 18.9 Å². The lowest BCUT2D eigenvalue weighted by atomic mass is 9.49. The van der Waals surface area contributed by atoms with E-state index in [0.717, 1.165) is 44.2 Å². The highest BCUT2D eigenvalue weighted by Gasteiger charge is 2.60. The minimum Gasteiger partial charge on any atom is -0.455 e. The molecule has 0 aliphatic heterocycles. The lowest BCUT2D eigenvalue weighted by Gasteiger charge is -2.58. The average molecular weight is 416 g/mol. The van der Waals surface area contributed by atoms with E-state index in [2.05, 4.69) is 5.32 Å². The Balaban J connectivity index is 1.36. The minimum absolute atomic E-state index is 0.00499. The molecule has 0 heterocycles. The maximum Gasteiger partial charge on any atom is 0.416 e. The van der Waals surface area contributed by atoms with Gasteiger partial charge in [0, 0.05) is 10.6 Å². The van der Waals surface area contributed by atoms with Crippen molar-refractivity contribution in [1.82, 2.24) is 0 Å². The van der Waals surface area contributed by atoms with Crippen LogP contribution in [0.3, 0.4) is 0 Å². The van der Waals surface area contributed by atoms with Crippen molar-refractivity contribution < 1.29 is 27.5 Å². The van der Waals surface area contributed by atoms with Gasteiger partial charge in [-0.05, 0) is 68.6 Å². The molecule has 1 amide bonds. The number of rotatable bonds is 4. The molecule has 0 aromatic heterocycles. The van der Waals surface area contributed by atoms with Gasteiger partial charge in [-0.3, -0.25) is 9.59 Å². The van der Waals surface area contributed by atoms with Crippen molar-refractivity contribution in [2.45, 2.75) is 49.6 Å². The molecule has 4 atom stereocenters. The van der Waals surface area contributed by atoms with E-state index in [9.17, 15) is 22.8 Å². The summed E-state index contributed by atoms with van der Waals surface area (Å²) in [5.74, 6) is -0.237. The van der Waals surface area contributed by atoms with Gasteiger partial charge in [-0.15, -0.1) is 11.6 Å². The number of hydrogen-bond acceptors (Lipinski definition) is 3. The Kier molecular flexibility index (Phi) is 4.64. The van der Waals surface area contributed by atoms with Gasteiger partial charge >= 0.3 is 12.1 Å². The Labute approximate surface area is 165 Å². The van der Waals surface area contributed by atoms with Gasteiger partial charge in [-0.1, -0.05) is 6.07 Å². The summed E-state index contributed by atoms with van der Waals surface area (Å²) in [6.45, 7) is -0.526. The number of halogens is 4. The third kappa shape index (κ3) is 3.73. The van der Waals surface area contributed by atoms with Crippen LogP contribution < -0.4 is 5.32 Å². The lowest BCUT2D eigenvalue weighted by molar-refractivity contribution is -0.171. The van der Waals surface area contributed by atoms with E-state index >= 15 is 0 Å². The smallest absolute Gasteiger partial charge is 0.416 e. The van der Waals surface area contributed by atoms with Gasteiger partial charge in [0.2, 0.25) is 0 Å². The topological polar surface area (TPSA) is 55.4 Å². The predicted molar refractivity (Wildman–Crippen MR) is 96.7 cm³/mol. The normalized spacial score (nSPS) is 33.6. The molecule has 4 aliphatic carbocycles. The predicted octanol–water partition coefficient (Wildman–Crippen LogP) is 4.76. The summed E-state index contributed by atoms with van der Waals surface area (Å²) in [4.78, 5) is 24.5. The fourth-order valence-electron chi connectivity index (χ4n) is 5.64. The quantitative estimate of drug-likeness (QED) is 0.569. The van der Waals surface area contributed by atoms with Crippen molar-refractivity contribution >= 4 is 29.2 Å². The summed E-state index contributed by atoms with van der Waals surface area (Å²) in [6.07, 6.45) is 0.510. The molecular weight excluding hydrogens is 395 g/mol. The van der Waals surface area contributed by atoms with Gasteiger partial charge in [0.1, 0.15) is 0 Å². The number of carbonyl (C=O) groups is 2. The summed E-state index contributed by atoms with van der Waals surface area (Å²) in [5, 5.41) is 2.35. The number of anilines is 1. The zero-order valence-electron chi connectivity index (χ0n) is 15.2. The zero-order chi connectivity index (χ0) is 20.2. The van der Waals surface area contributed by atoms with Gasteiger partial charge < -0.3 is 10.1 Å². The van der Waals surface area contributed by atoms with Crippen molar-refractivity contribution in [1.29, 1.82) is 0 Å². The van der Waals surface area contributed by atoms with E-state index < -0.39 is 35.6 Å². The van der Waals surface area contributed by atoms with E-state index in [1.165, 1.54) is 12.1 Å². The first kappa shape index (κ1) is 19.6. The molecule has 0 saturated heterocycles. The number of alkyl halides is 4. The van der Waals surface area contributed by atoms with E-state index in [-0.39, 0.29) is 10.6 Å². The van der Waals surface area contributed by atoms with E-state index in [1.807, 2.05) is 0 Å². The molecule has 1 N–H and O–H groups in total. The van der Waals surface area contributed by atoms with Crippen molar-refractivity contribution in [3.63, 3.8) is 0 Å². The van der Waals surface area contributed by atoms with Crippen LogP contribution in [0.5, 0.6) is 0 Å². The van der Waals surface area contributed by atoms with Crippen LogP contribution in [0.2, 0.25) is 0 Å². The molecule has 8 heteroatoms. The number of esters is 1. The summed E-state index contributed by atoms with van der Waals surface area (Å²) in [7, 11) is 0. The van der Waals surface area contributed by atoms with Crippen molar-refractivity contribution in [3.8, 4) is 0 Å². The monoisotopic (exact) mass is 415 g/mol. The highest BCUT2D eigenvalue weighted by Crippen LogP contribution is 2.64. The number of hydrogen-bond donors (Lipinski definition) is 1. The van der Waals surface area contributed by atoms with Gasteiger partial charge in [0.25, 0.3) is 5.91 Å². The van der Waals surface area contributed by atoms with E-state index in [4.69, 9.17) is 16.3 Å². The molecule has 4 saturated carbocycles. The SMILES string of the molecule is O=C(COC(=O)C12C[C@@H]3C[C@@H](CC(Cl)(C3)C1)C2)Nc1cccc(C(F)(F)F)c1. The highest BCUT2D eigenvalue weighted by atomic mass is 35.5. The number of benzene rings is 1. The maximum absolute atomic E-state index is 12.8. The van der Waals surface area contributed by atoms with Gasteiger partial charge in [-0.2, -0.15) is 13.2 Å². The molecule has 4 fully saturated rings. The zero-order valence-corrected chi connectivity index (χ0v) is 15.9. The molecule has 4 aliphatic rings. The molecule has 4 bridgehead atoms. The van der Waals surface area contributed by atoms with Gasteiger partial charge in [-0.25, -0.2) is 0 Å². The largest absolute Gasteiger partial charge is 0.455 e. The molecule has 152 valence electrons. The third-order valence-electron chi connectivity index (χ3n) is 6.23. The molecule has 4 nitrogen and oxygen atoms in total. The van der Waals surface area contributed by atoms with Crippen LogP contribution >= 0.6 is 11.6 Å². The van der Waals surface area contributed by atoms with Crippen molar-refractivity contribution in [2.24, 2.45) is 17.3 Å². The van der Waals surface area contributed by atoms with Crippen molar-refractivity contribution in [2.75, 3.05) is 11.9 Å². The Hall–Kier alpha value is -1.76. The fourth-order valence-corrected chi connectivity index (χ4v) is 6.34. The number of ether oxygens (including phenoxy) is 1. The molecule has 1 aromatic carbocycles. The van der Waals surface area contributed by atoms with E-state index in [1.54, 1.807) is 0 Å². The second-order valence-corrected chi connectivity index (χ2v) is 9.40. The minimum atomic E-state index is -4.50. The van der Waals surface area contributed by atoms with Crippen LogP contribution in [0.25, 0.3) is 0 Å². The fraction of sp³-hybridized carbons (Fsp3) is 0.600. The second-order valence-electron chi connectivity index (χ2n) is 8.60. The standard InChI is InChI=1S/C20H21ClF3NO3/c21-19-8-12-4-13(9-19)7-18(6-12,11-19)17(27)28-10-16(26)25-15-3-1-2-14(5-15)20(22,23)24/h1-3,5,12-13H,4,6-11H2,(H,25,26)/t12-,13+,18?,19?. The second kappa shape index (κ2) is 6.65. The summed E-state index contributed by atoms with van der Waals surface area (Å²) < 4.78 is 43.5. The summed E-state index contributed by atoms with van der Waals surface area (Å²) in [5.41, 5.74) is -1.48. The van der Waals surface area contributed by atoms with Gasteiger partial charge in [0.05, 0.1) is 11.0 Å². The highest BCUT2D eigenvalue weighted by molar-refractivity contribution is 6.24. The van der Waals surface area contributed by atoms with Crippen LogP contribution in [-0.2, 0) is 20.5 Å². The Morgan fingerprint density at radius 1 is 1.18 bits per heavy atom.